The first-order chi connectivity index (χ1) is 17.4. The Labute approximate surface area is 210 Å². The van der Waals surface area contributed by atoms with Crippen molar-refractivity contribution in [3.63, 3.8) is 0 Å². The highest BCUT2D eigenvalue weighted by molar-refractivity contribution is 7.83. The molecular formula is C25H27F2N5O3S. The highest BCUT2D eigenvalue weighted by atomic mass is 32.2. The minimum atomic E-state index is -1.06. The standard InChI is InChI=1S/C25H27F2N5O3S/c1-35-10-9-31-12-18(16-7-8-20(26)21(27)11-16)22(13-31)28-25(33)29-24-19-14-36(34)15-23(19)30-32(24)17-5-3-2-4-6-17/h2-8,11,18,22H,9-10,12-15H2,1H3,(H2,28,29,33)/t18-,22+,36?/m0/s1. The molecule has 1 unspecified atom stereocenters. The van der Waals surface area contributed by atoms with Gasteiger partial charge in [0.05, 0.1) is 35.5 Å². The van der Waals surface area contributed by atoms with E-state index in [4.69, 9.17) is 4.74 Å². The Bertz CT molecular complexity index is 1290. The van der Waals surface area contributed by atoms with Crippen LogP contribution in [0.5, 0.6) is 0 Å². The summed E-state index contributed by atoms with van der Waals surface area (Å²) in [6.45, 7) is 2.26. The summed E-state index contributed by atoms with van der Waals surface area (Å²) in [4.78, 5) is 15.4. The summed E-state index contributed by atoms with van der Waals surface area (Å²) in [6, 6.07) is 12.5. The largest absolute Gasteiger partial charge is 0.383 e. The topological polar surface area (TPSA) is 88.5 Å². The summed E-state index contributed by atoms with van der Waals surface area (Å²) in [6.07, 6.45) is 0. The highest BCUT2D eigenvalue weighted by Crippen LogP contribution is 2.32. The number of likely N-dealkylation sites (tertiary alicyclic amines) is 1. The van der Waals surface area contributed by atoms with Crippen molar-refractivity contribution in [1.82, 2.24) is 20.0 Å². The lowest BCUT2D eigenvalue weighted by Crippen LogP contribution is -2.42. The Morgan fingerprint density at radius 1 is 1.14 bits per heavy atom. The molecule has 8 nitrogen and oxygen atoms in total. The van der Waals surface area contributed by atoms with Crippen molar-refractivity contribution in [1.29, 1.82) is 0 Å². The third-order valence-corrected chi connectivity index (χ3v) is 7.80. The molecule has 2 aromatic carbocycles. The molecule has 0 radical (unpaired) electrons. The minimum absolute atomic E-state index is 0.236. The van der Waals surface area contributed by atoms with Gasteiger partial charge in [0.15, 0.2) is 11.6 Å². The molecule has 2 aliphatic heterocycles. The number of amides is 2. The second kappa shape index (κ2) is 10.5. The third-order valence-electron chi connectivity index (χ3n) is 6.60. The van der Waals surface area contributed by atoms with E-state index in [0.717, 1.165) is 17.3 Å². The van der Waals surface area contributed by atoms with Gasteiger partial charge in [0.25, 0.3) is 0 Å². The van der Waals surface area contributed by atoms with Gasteiger partial charge in [-0.25, -0.2) is 18.3 Å². The van der Waals surface area contributed by atoms with Crippen LogP contribution in [0.4, 0.5) is 19.4 Å². The first-order valence-corrected chi connectivity index (χ1v) is 13.2. The van der Waals surface area contributed by atoms with Gasteiger partial charge in [0.2, 0.25) is 0 Å². The number of hydrogen-bond donors (Lipinski definition) is 2. The average Bonchev–Trinajstić information content (AvgIpc) is 3.53. The number of urea groups is 1. The maximum atomic E-state index is 14.0. The van der Waals surface area contributed by atoms with Gasteiger partial charge in [0, 0.05) is 49.0 Å². The van der Waals surface area contributed by atoms with Gasteiger partial charge in [-0.2, -0.15) is 5.10 Å². The Hall–Kier alpha value is -3.15. The number of nitrogens with one attached hydrogen (secondary N) is 2. The van der Waals surface area contributed by atoms with Gasteiger partial charge in [-0.15, -0.1) is 0 Å². The molecule has 2 amide bonds. The van der Waals surface area contributed by atoms with Crippen molar-refractivity contribution < 1.29 is 22.5 Å². The zero-order chi connectivity index (χ0) is 25.2. The average molecular weight is 516 g/mol. The molecule has 1 aromatic heterocycles. The molecule has 2 aliphatic rings. The zero-order valence-corrected chi connectivity index (χ0v) is 20.6. The monoisotopic (exact) mass is 515 g/mol. The molecule has 3 atom stereocenters. The number of ether oxygens (including phenoxy) is 1. The van der Waals surface area contributed by atoms with Crippen molar-refractivity contribution in [2.75, 3.05) is 38.7 Å². The van der Waals surface area contributed by atoms with Crippen LogP contribution in [0.2, 0.25) is 0 Å². The zero-order valence-electron chi connectivity index (χ0n) is 19.7. The number of anilines is 1. The third kappa shape index (κ3) is 5.04. The molecule has 5 rings (SSSR count). The minimum Gasteiger partial charge on any atom is -0.383 e. The van der Waals surface area contributed by atoms with Gasteiger partial charge in [-0.1, -0.05) is 24.3 Å². The van der Waals surface area contributed by atoms with E-state index >= 15 is 0 Å². The quantitative estimate of drug-likeness (QED) is 0.505. The van der Waals surface area contributed by atoms with E-state index in [-0.39, 0.29) is 12.0 Å². The Morgan fingerprint density at radius 3 is 2.69 bits per heavy atom. The SMILES string of the molecule is COCCN1C[C@@H](NC(=O)Nc2c3c(nn2-c2ccccc2)CS(=O)C3)[C@H](c2ccc(F)c(F)c2)C1. The summed E-state index contributed by atoms with van der Waals surface area (Å²) in [5.74, 6) is -0.903. The molecule has 2 N–H and O–H groups in total. The smallest absolute Gasteiger partial charge is 0.320 e. The van der Waals surface area contributed by atoms with E-state index in [2.05, 4.69) is 20.6 Å². The summed E-state index contributed by atoms with van der Waals surface area (Å²) in [5.41, 5.74) is 2.86. The van der Waals surface area contributed by atoms with Crippen molar-refractivity contribution in [3.8, 4) is 5.69 Å². The van der Waals surface area contributed by atoms with Crippen LogP contribution in [0, 0.1) is 11.6 Å². The lowest BCUT2D eigenvalue weighted by molar-refractivity contribution is 0.159. The number of rotatable bonds is 7. The summed E-state index contributed by atoms with van der Waals surface area (Å²) >= 11 is 0. The number of nitrogens with zero attached hydrogens (tertiary/aromatic N) is 3. The van der Waals surface area contributed by atoms with Crippen LogP contribution in [0.25, 0.3) is 5.69 Å². The second-order valence-corrected chi connectivity index (χ2v) is 10.4. The fraction of sp³-hybridized carbons (Fsp3) is 0.360. The van der Waals surface area contributed by atoms with Gasteiger partial charge in [-0.3, -0.25) is 14.4 Å². The summed E-state index contributed by atoms with van der Waals surface area (Å²) < 4.78 is 46.6. The first-order valence-electron chi connectivity index (χ1n) is 11.7. The number of hydrogen-bond acceptors (Lipinski definition) is 5. The van der Waals surface area contributed by atoms with Crippen LogP contribution in [0.3, 0.4) is 0 Å². The second-order valence-electron chi connectivity index (χ2n) is 8.99. The molecule has 0 bridgehead atoms. The number of carbonyl (C=O) groups is 1. The van der Waals surface area contributed by atoms with Crippen molar-refractivity contribution >= 4 is 22.6 Å². The van der Waals surface area contributed by atoms with Gasteiger partial charge in [0.1, 0.15) is 5.82 Å². The normalized spacial score (nSPS) is 21.5. The van der Waals surface area contributed by atoms with Gasteiger partial charge in [-0.05, 0) is 29.8 Å². The van der Waals surface area contributed by atoms with Crippen LogP contribution in [0.15, 0.2) is 48.5 Å². The molecule has 0 saturated carbocycles. The van der Waals surface area contributed by atoms with Gasteiger partial charge < -0.3 is 10.1 Å². The molecule has 3 aromatic rings. The molecule has 1 saturated heterocycles. The van der Waals surface area contributed by atoms with Crippen molar-refractivity contribution in [2.45, 2.75) is 23.5 Å². The van der Waals surface area contributed by atoms with Crippen LogP contribution in [-0.2, 0) is 27.0 Å². The van der Waals surface area contributed by atoms with E-state index in [1.807, 2.05) is 30.3 Å². The van der Waals surface area contributed by atoms with E-state index in [1.165, 1.54) is 6.07 Å². The fourth-order valence-electron chi connectivity index (χ4n) is 4.84. The molecule has 1 fully saturated rings. The Kier molecular flexibility index (Phi) is 7.13. The molecule has 3 heterocycles. The van der Waals surface area contributed by atoms with E-state index < -0.39 is 28.5 Å². The van der Waals surface area contributed by atoms with Gasteiger partial charge >= 0.3 is 6.03 Å². The van der Waals surface area contributed by atoms with Crippen LogP contribution in [-0.4, -0.2) is 64.3 Å². The van der Waals surface area contributed by atoms with E-state index in [1.54, 1.807) is 17.9 Å². The maximum Gasteiger partial charge on any atom is 0.320 e. The van der Waals surface area contributed by atoms with E-state index in [0.29, 0.717) is 54.8 Å². The fourth-order valence-corrected chi connectivity index (χ4v) is 6.10. The molecule has 190 valence electrons. The summed E-state index contributed by atoms with van der Waals surface area (Å²) in [7, 11) is 0.561. The number of para-hydroxylation sites is 1. The van der Waals surface area contributed by atoms with Crippen LogP contribution >= 0.6 is 0 Å². The van der Waals surface area contributed by atoms with Crippen LogP contribution in [0.1, 0.15) is 22.7 Å². The molecule has 36 heavy (non-hydrogen) atoms. The predicted molar refractivity (Wildman–Crippen MR) is 132 cm³/mol. The summed E-state index contributed by atoms with van der Waals surface area (Å²) in [5, 5.41) is 10.6. The number of carbonyl (C=O) groups excluding carboxylic acids is 1. The molecule has 11 heteroatoms. The van der Waals surface area contributed by atoms with E-state index in [9.17, 15) is 17.8 Å². The number of methoxy groups -OCH3 is 1. The molecule has 0 aliphatic carbocycles. The Morgan fingerprint density at radius 2 is 1.94 bits per heavy atom. The van der Waals surface area contributed by atoms with Crippen molar-refractivity contribution in [3.05, 3.63) is 77.0 Å². The predicted octanol–water partition coefficient (Wildman–Crippen LogP) is 3.15. The lowest BCUT2D eigenvalue weighted by Gasteiger charge is -2.21. The van der Waals surface area contributed by atoms with Crippen LogP contribution < -0.4 is 10.6 Å². The number of fused-ring (bicyclic) bond motifs is 1. The first kappa shape index (κ1) is 24.5. The lowest BCUT2D eigenvalue weighted by atomic mass is 9.94. The van der Waals surface area contributed by atoms with Crippen molar-refractivity contribution in [2.24, 2.45) is 0 Å². The Balaban J connectivity index is 1.38. The number of aromatic nitrogens is 2. The number of benzene rings is 2. The molecular weight excluding hydrogens is 488 g/mol. The molecule has 0 spiro atoms. The maximum absolute atomic E-state index is 14.0. The highest BCUT2D eigenvalue weighted by Gasteiger charge is 2.36. The number of halogens is 2.